The molecule has 2 aromatic rings. The van der Waals surface area contributed by atoms with Crippen molar-refractivity contribution >= 4 is 39.5 Å². The fourth-order valence-electron chi connectivity index (χ4n) is 2.56. The van der Waals surface area contributed by atoms with Gasteiger partial charge in [-0.05, 0) is 71.1 Å². The van der Waals surface area contributed by atoms with Crippen molar-refractivity contribution in [2.75, 3.05) is 12.0 Å². The summed E-state index contributed by atoms with van der Waals surface area (Å²) in [7, 11) is 0. The molecular weight excluding hydrogens is 450 g/mol. The average molecular weight is 471 g/mol. The molecule has 8 heteroatoms. The molecule has 2 aromatic carbocycles. The molecule has 0 aliphatic heterocycles. The lowest BCUT2D eigenvalue weighted by Gasteiger charge is -2.22. The predicted octanol–water partition coefficient (Wildman–Crippen LogP) is 4.46. The van der Waals surface area contributed by atoms with Crippen LogP contribution in [0.15, 0.2) is 46.9 Å². The van der Waals surface area contributed by atoms with Crippen LogP contribution in [0.1, 0.15) is 35.3 Å². The first-order valence-corrected chi connectivity index (χ1v) is 10.8. The number of halogens is 3. The number of rotatable bonds is 8. The van der Waals surface area contributed by atoms with Crippen molar-refractivity contribution in [2.24, 2.45) is 0 Å². The van der Waals surface area contributed by atoms with Crippen LogP contribution in [0.3, 0.4) is 0 Å². The highest BCUT2D eigenvalue weighted by molar-refractivity contribution is 9.10. The van der Waals surface area contributed by atoms with Gasteiger partial charge >= 0.3 is 0 Å². The second-order valence-electron chi connectivity index (χ2n) is 6.19. The molecule has 2 N–H and O–H groups in total. The lowest BCUT2D eigenvalue weighted by atomic mass is 10.1. The van der Waals surface area contributed by atoms with Crippen LogP contribution in [-0.4, -0.2) is 29.9 Å². The summed E-state index contributed by atoms with van der Waals surface area (Å²) in [5.74, 6) is -1.99. The van der Waals surface area contributed by atoms with Gasteiger partial charge in [-0.3, -0.25) is 9.59 Å². The van der Waals surface area contributed by atoms with Crippen LogP contribution in [0.4, 0.5) is 8.78 Å². The molecule has 0 saturated carbocycles. The molecule has 0 bridgehead atoms. The van der Waals surface area contributed by atoms with E-state index in [9.17, 15) is 18.4 Å². The van der Waals surface area contributed by atoms with E-state index in [0.29, 0.717) is 27.8 Å². The Labute approximate surface area is 175 Å². The van der Waals surface area contributed by atoms with Crippen molar-refractivity contribution < 1.29 is 18.4 Å². The summed E-state index contributed by atoms with van der Waals surface area (Å²) in [5, 5.41) is 5.52. The van der Waals surface area contributed by atoms with E-state index in [2.05, 4.69) is 26.6 Å². The Balaban J connectivity index is 2.10. The van der Waals surface area contributed by atoms with Gasteiger partial charge in [-0.15, -0.1) is 0 Å². The lowest BCUT2D eigenvalue weighted by molar-refractivity contribution is -0.123. The van der Waals surface area contributed by atoms with E-state index in [0.717, 1.165) is 12.1 Å². The number of thioether (sulfide) groups is 1. The van der Waals surface area contributed by atoms with Gasteiger partial charge in [-0.2, -0.15) is 11.8 Å². The molecule has 0 saturated heterocycles. The predicted molar refractivity (Wildman–Crippen MR) is 111 cm³/mol. The van der Waals surface area contributed by atoms with Crippen molar-refractivity contribution in [2.45, 2.75) is 25.4 Å². The maximum absolute atomic E-state index is 13.4. The molecule has 28 heavy (non-hydrogen) atoms. The van der Waals surface area contributed by atoms with Crippen molar-refractivity contribution in [3.63, 3.8) is 0 Å². The Morgan fingerprint density at radius 1 is 1.11 bits per heavy atom. The van der Waals surface area contributed by atoms with E-state index < -0.39 is 23.7 Å². The van der Waals surface area contributed by atoms with E-state index in [-0.39, 0.29) is 11.8 Å². The minimum atomic E-state index is -0.972. The van der Waals surface area contributed by atoms with E-state index in [1.807, 2.05) is 6.26 Å². The molecule has 150 valence electrons. The van der Waals surface area contributed by atoms with Crippen molar-refractivity contribution in [3.8, 4) is 0 Å². The standard InChI is InChI=1S/C20H21BrF2N2O2S/c1-12(13-7-8-16(22)17(23)11-13)24-20(27)18(9-10-28-2)25-19(26)14-5-3-4-6-15(14)21/h3-8,11-12,18H,9-10H2,1-2H3,(H,24,27)(H,25,26). The number of carbonyl (C=O) groups excluding carboxylic acids is 2. The van der Waals surface area contributed by atoms with Gasteiger partial charge in [-0.25, -0.2) is 8.78 Å². The van der Waals surface area contributed by atoms with E-state index in [1.54, 1.807) is 43.0 Å². The molecule has 0 heterocycles. The van der Waals surface area contributed by atoms with Gasteiger partial charge in [0.2, 0.25) is 5.91 Å². The van der Waals surface area contributed by atoms with Crippen molar-refractivity contribution in [1.29, 1.82) is 0 Å². The third kappa shape index (κ3) is 6.04. The normalized spacial score (nSPS) is 12.9. The van der Waals surface area contributed by atoms with Crippen molar-refractivity contribution in [1.82, 2.24) is 10.6 Å². The highest BCUT2D eigenvalue weighted by Gasteiger charge is 2.23. The van der Waals surface area contributed by atoms with Crippen LogP contribution >= 0.6 is 27.7 Å². The molecule has 2 unspecified atom stereocenters. The minimum Gasteiger partial charge on any atom is -0.348 e. The van der Waals surface area contributed by atoms with Gasteiger partial charge in [-0.1, -0.05) is 18.2 Å². The second-order valence-corrected chi connectivity index (χ2v) is 8.03. The fraction of sp³-hybridized carbons (Fsp3) is 0.300. The van der Waals surface area contributed by atoms with Crippen LogP contribution in [0.25, 0.3) is 0 Å². The first-order chi connectivity index (χ1) is 13.3. The third-order valence-electron chi connectivity index (χ3n) is 4.15. The quantitative estimate of drug-likeness (QED) is 0.598. The molecule has 2 amide bonds. The van der Waals surface area contributed by atoms with Gasteiger partial charge in [0.25, 0.3) is 5.91 Å². The number of nitrogens with one attached hydrogen (secondary N) is 2. The number of hydrogen-bond acceptors (Lipinski definition) is 3. The molecule has 0 aromatic heterocycles. The smallest absolute Gasteiger partial charge is 0.253 e. The SMILES string of the molecule is CSCCC(NC(=O)c1ccccc1Br)C(=O)NC(C)c1ccc(F)c(F)c1. The highest BCUT2D eigenvalue weighted by Crippen LogP contribution is 2.18. The van der Waals surface area contributed by atoms with E-state index >= 15 is 0 Å². The zero-order valence-electron chi connectivity index (χ0n) is 15.5. The summed E-state index contributed by atoms with van der Waals surface area (Å²) in [4.78, 5) is 25.3. The summed E-state index contributed by atoms with van der Waals surface area (Å²) in [5.41, 5.74) is 0.867. The summed E-state index contributed by atoms with van der Waals surface area (Å²) in [6.07, 6.45) is 2.35. The summed E-state index contributed by atoms with van der Waals surface area (Å²) in [6, 6.07) is 9.14. The van der Waals surface area contributed by atoms with Gasteiger partial charge in [0.15, 0.2) is 11.6 Å². The molecule has 2 rings (SSSR count). The topological polar surface area (TPSA) is 58.2 Å². The molecule has 4 nitrogen and oxygen atoms in total. The van der Waals surface area contributed by atoms with E-state index in [1.165, 1.54) is 6.07 Å². The Morgan fingerprint density at radius 3 is 2.46 bits per heavy atom. The van der Waals surface area contributed by atoms with Gasteiger partial charge in [0.1, 0.15) is 6.04 Å². The van der Waals surface area contributed by atoms with Gasteiger partial charge in [0, 0.05) is 4.47 Å². The van der Waals surface area contributed by atoms with Crippen LogP contribution in [0.5, 0.6) is 0 Å². The molecule has 0 aliphatic rings. The summed E-state index contributed by atoms with van der Waals surface area (Å²) >= 11 is 4.89. The number of amides is 2. The minimum absolute atomic E-state index is 0.366. The number of hydrogen-bond donors (Lipinski definition) is 2. The molecule has 0 spiro atoms. The average Bonchev–Trinajstić information content (AvgIpc) is 2.67. The monoisotopic (exact) mass is 470 g/mol. The Morgan fingerprint density at radius 2 is 1.82 bits per heavy atom. The summed E-state index contributed by atoms with van der Waals surface area (Å²) < 4.78 is 27.2. The Hall–Kier alpha value is -1.93. The largest absolute Gasteiger partial charge is 0.348 e. The number of benzene rings is 2. The Kier molecular flexibility index (Phi) is 8.44. The zero-order valence-corrected chi connectivity index (χ0v) is 17.9. The highest BCUT2D eigenvalue weighted by atomic mass is 79.9. The maximum Gasteiger partial charge on any atom is 0.253 e. The van der Waals surface area contributed by atoms with Crippen molar-refractivity contribution in [3.05, 3.63) is 69.7 Å². The lowest BCUT2D eigenvalue weighted by Crippen LogP contribution is -2.47. The molecular formula is C20H21BrF2N2O2S. The van der Waals surface area contributed by atoms with Crippen LogP contribution < -0.4 is 10.6 Å². The molecule has 0 fully saturated rings. The number of carbonyl (C=O) groups is 2. The third-order valence-corrected chi connectivity index (χ3v) is 5.49. The second kappa shape index (κ2) is 10.6. The van der Waals surface area contributed by atoms with E-state index in [4.69, 9.17) is 0 Å². The van der Waals surface area contributed by atoms with Crippen LogP contribution in [0, 0.1) is 11.6 Å². The van der Waals surface area contributed by atoms with Crippen LogP contribution in [-0.2, 0) is 4.79 Å². The Bertz CT molecular complexity index is 851. The van der Waals surface area contributed by atoms with Gasteiger partial charge in [0.05, 0.1) is 11.6 Å². The van der Waals surface area contributed by atoms with Crippen LogP contribution in [0.2, 0.25) is 0 Å². The molecule has 2 atom stereocenters. The fourth-order valence-corrected chi connectivity index (χ4v) is 3.50. The first kappa shape index (κ1) is 22.4. The first-order valence-electron chi connectivity index (χ1n) is 8.63. The zero-order chi connectivity index (χ0) is 20.7. The maximum atomic E-state index is 13.4. The molecule has 0 radical (unpaired) electrons. The van der Waals surface area contributed by atoms with Gasteiger partial charge < -0.3 is 10.6 Å². The summed E-state index contributed by atoms with van der Waals surface area (Å²) in [6.45, 7) is 1.67. The molecule has 0 aliphatic carbocycles.